The van der Waals surface area contributed by atoms with Crippen LogP contribution in [0.4, 0.5) is 13.2 Å². The lowest BCUT2D eigenvalue weighted by Gasteiger charge is -2.05. The first-order valence-corrected chi connectivity index (χ1v) is 5.01. The van der Waals surface area contributed by atoms with Crippen LogP contribution in [-0.2, 0) is 0 Å². The largest absolute Gasteiger partial charge is 0.389 e. The van der Waals surface area contributed by atoms with E-state index in [4.69, 9.17) is 15.8 Å². The molecular formula is C5H8ClF3OS. The third-order valence-electron chi connectivity index (χ3n) is 0.885. The number of hydrogen-bond donors (Lipinski definition) is 1. The van der Waals surface area contributed by atoms with Crippen LogP contribution in [0.1, 0.15) is 13.3 Å². The maximum Gasteiger partial charge on any atom is 0.389 e. The predicted molar refractivity (Wildman–Crippen MR) is 42.3 cm³/mol. The molecule has 0 aromatic rings. The van der Waals surface area contributed by atoms with Gasteiger partial charge in [-0.1, -0.05) is 9.70 Å². The zero-order chi connectivity index (χ0) is 9.07. The van der Waals surface area contributed by atoms with Gasteiger partial charge in [0, 0.05) is 5.75 Å². The van der Waals surface area contributed by atoms with Crippen molar-refractivity contribution in [1.29, 1.82) is 0 Å². The van der Waals surface area contributed by atoms with Gasteiger partial charge in [0.05, 0.1) is 11.5 Å². The Balaban J connectivity index is 3.82. The van der Waals surface area contributed by atoms with Crippen molar-refractivity contribution in [2.24, 2.45) is 0 Å². The van der Waals surface area contributed by atoms with Crippen LogP contribution in [0.3, 0.4) is 0 Å². The zero-order valence-corrected chi connectivity index (χ0v) is 7.35. The minimum atomic E-state index is -4.18. The van der Waals surface area contributed by atoms with E-state index in [-0.39, 0.29) is 10.8 Å². The summed E-state index contributed by atoms with van der Waals surface area (Å²) in [7, 11) is 4.22. The lowest BCUT2D eigenvalue weighted by molar-refractivity contribution is -0.129. The summed E-state index contributed by atoms with van der Waals surface area (Å²) in [6.07, 6.45) is -5.13. The Bertz CT molecular complexity index is 162. The number of aliphatic hydroxyl groups excluding tert-OH is 1. The van der Waals surface area contributed by atoms with Crippen molar-refractivity contribution in [1.82, 2.24) is 0 Å². The summed E-state index contributed by atoms with van der Waals surface area (Å²) in [5.41, 5.74) is 0. The molecule has 0 radical (unpaired) electrons. The van der Waals surface area contributed by atoms with Crippen molar-refractivity contribution >= 4 is 25.4 Å². The van der Waals surface area contributed by atoms with Gasteiger partial charge in [0.2, 0.25) is 0 Å². The monoisotopic (exact) mass is 208 g/mol. The second-order valence-corrected chi connectivity index (χ2v) is 4.70. The van der Waals surface area contributed by atoms with E-state index in [9.17, 15) is 13.2 Å². The normalized spacial score (nSPS) is 16.4. The topological polar surface area (TPSA) is 20.2 Å². The van der Waals surface area contributed by atoms with Crippen LogP contribution >= 0.6 is 20.4 Å². The van der Waals surface area contributed by atoms with E-state index in [1.54, 1.807) is 0 Å². The van der Waals surface area contributed by atoms with Crippen molar-refractivity contribution in [3.05, 3.63) is 0 Å². The van der Waals surface area contributed by atoms with Crippen LogP contribution in [0, 0.1) is 0 Å². The first-order chi connectivity index (χ1) is 4.83. The third kappa shape index (κ3) is 6.65. The number of alkyl halides is 3. The molecule has 1 atom stereocenters. The van der Waals surface area contributed by atoms with E-state index in [0.29, 0.717) is 0 Å². The summed E-state index contributed by atoms with van der Waals surface area (Å²) >= 11 is 0. The smallest absolute Gasteiger partial charge is 0.358 e. The van der Waals surface area contributed by atoms with Gasteiger partial charge in [0.15, 0.2) is 0 Å². The molecule has 0 aliphatic carbocycles. The number of hydrogen-bond acceptors (Lipinski definition) is 0. The van der Waals surface area contributed by atoms with Gasteiger partial charge < -0.3 is 5.11 Å². The molecule has 68 valence electrons. The molecule has 0 aliphatic rings. The van der Waals surface area contributed by atoms with E-state index in [2.05, 4.69) is 0 Å². The van der Waals surface area contributed by atoms with Crippen LogP contribution in [0.25, 0.3) is 0 Å². The first-order valence-electron chi connectivity index (χ1n) is 2.79. The molecule has 0 bridgehead atoms. The van der Waals surface area contributed by atoms with E-state index in [1.165, 1.54) is 6.92 Å². The molecular weight excluding hydrogens is 201 g/mol. The maximum absolute atomic E-state index is 11.5. The molecule has 1 unspecified atom stereocenters. The molecule has 6 heteroatoms. The van der Waals surface area contributed by atoms with Crippen molar-refractivity contribution < 1.29 is 18.3 Å². The van der Waals surface area contributed by atoms with Gasteiger partial charge in [-0.25, -0.2) is 0 Å². The van der Waals surface area contributed by atoms with Crippen LogP contribution in [-0.4, -0.2) is 22.1 Å². The molecule has 1 N–H and O–H groups in total. The SMILES string of the molecule is C/C(O)=S(\Cl)CCC(F)(F)F. The fraction of sp³-hybridized carbons (Fsp3) is 0.800. The molecule has 0 aromatic heterocycles. The predicted octanol–water partition coefficient (Wildman–Crippen LogP) is 3.07. The maximum atomic E-state index is 11.5. The molecule has 0 aromatic carbocycles. The summed E-state index contributed by atoms with van der Waals surface area (Å²) < 4.78 is 34.6. The highest BCUT2D eigenvalue weighted by atomic mass is 35.7. The Morgan fingerprint density at radius 2 is 2.00 bits per heavy atom. The molecule has 1 nitrogen and oxygen atoms in total. The van der Waals surface area contributed by atoms with Crippen molar-refractivity contribution in [3.8, 4) is 0 Å². The Morgan fingerprint density at radius 3 is 2.27 bits per heavy atom. The first kappa shape index (κ1) is 11.3. The summed E-state index contributed by atoms with van der Waals surface area (Å²) in [5, 5.41) is 8.50. The van der Waals surface area contributed by atoms with Gasteiger partial charge >= 0.3 is 6.18 Å². The van der Waals surface area contributed by atoms with Gasteiger partial charge in [-0.3, -0.25) is 0 Å². The quantitative estimate of drug-likeness (QED) is 0.692. The van der Waals surface area contributed by atoms with E-state index < -0.39 is 22.3 Å². The fourth-order valence-corrected chi connectivity index (χ4v) is 1.29. The van der Waals surface area contributed by atoms with Gasteiger partial charge in [0.1, 0.15) is 0 Å². The molecule has 0 spiro atoms. The Morgan fingerprint density at radius 1 is 1.55 bits per heavy atom. The highest BCUT2D eigenvalue weighted by Gasteiger charge is 2.26. The zero-order valence-electron chi connectivity index (χ0n) is 5.78. The Hall–Kier alpha value is 0.260. The van der Waals surface area contributed by atoms with Crippen LogP contribution in [0.5, 0.6) is 0 Å². The van der Waals surface area contributed by atoms with Crippen molar-refractivity contribution in [3.63, 3.8) is 0 Å². The Kier molecular flexibility index (Phi) is 4.43. The summed E-state index contributed by atoms with van der Waals surface area (Å²) in [6.45, 7) is 1.30. The molecule has 0 heterocycles. The highest BCUT2D eigenvalue weighted by molar-refractivity contribution is 8.34. The van der Waals surface area contributed by atoms with Crippen LogP contribution in [0.15, 0.2) is 0 Å². The lowest BCUT2D eigenvalue weighted by Crippen LogP contribution is -2.08. The minimum Gasteiger partial charge on any atom is -0.358 e. The minimum absolute atomic E-state index is 0.143. The average Bonchev–Trinajstić information content (AvgIpc) is 1.80. The summed E-state index contributed by atoms with van der Waals surface area (Å²) in [6, 6.07) is 0. The van der Waals surface area contributed by atoms with Crippen LogP contribution in [0.2, 0.25) is 0 Å². The van der Waals surface area contributed by atoms with Crippen molar-refractivity contribution in [2.75, 3.05) is 5.75 Å². The molecule has 0 saturated carbocycles. The molecule has 0 aliphatic heterocycles. The molecule has 0 saturated heterocycles. The van der Waals surface area contributed by atoms with Crippen LogP contribution < -0.4 is 0 Å². The van der Waals surface area contributed by atoms with Gasteiger partial charge in [-0.2, -0.15) is 13.2 Å². The average molecular weight is 209 g/mol. The molecule has 0 amide bonds. The Labute approximate surface area is 69.6 Å². The van der Waals surface area contributed by atoms with Gasteiger partial charge in [-0.05, 0) is 17.6 Å². The fourth-order valence-electron chi connectivity index (χ4n) is 0.353. The number of halogens is 4. The van der Waals surface area contributed by atoms with Gasteiger partial charge in [0.25, 0.3) is 0 Å². The third-order valence-corrected chi connectivity index (χ3v) is 3.22. The number of rotatable bonds is 2. The highest BCUT2D eigenvalue weighted by Crippen LogP contribution is 2.28. The molecule has 0 rings (SSSR count). The second kappa shape index (κ2) is 4.33. The van der Waals surface area contributed by atoms with E-state index in [0.717, 1.165) is 0 Å². The van der Waals surface area contributed by atoms with Gasteiger partial charge in [-0.15, -0.1) is 0 Å². The number of aliphatic hydroxyl groups is 1. The summed E-state index contributed by atoms with van der Waals surface area (Å²) in [4.78, 5) is 0. The molecule has 0 fully saturated rings. The molecule has 11 heavy (non-hydrogen) atoms. The van der Waals surface area contributed by atoms with E-state index >= 15 is 0 Å². The lowest BCUT2D eigenvalue weighted by atomic mass is 10.5. The summed E-state index contributed by atoms with van der Waals surface area (Å²) in [5.74, 6) is -0.243. The second-order valence-electron chi connectivity index (χ2n) is 1.92. The standard InChI is InChI=1S/C5H8ClF3OS/c1-4(10)11(6)3-2-5(7,8)9/h10H,2-3H2,1H3. The van der Waals surface area contributed by atoms with E-state index in [1.807, 2.05) is 0 Å². The van der Waals surface area contributed by atoms with Crippen molar-refractivity contribution in [2.45, 2.75) is 19.5 Å².